The SMILES string of the molecule is Clc1ccc(CNCCCOc2ccccn2)c(Cl)c1. The fourth-order valence-electron chi connectivity index (χ4n) is 1.69. The molecule has 0 amide bonds. The van der Waals surface area contributed by atoms with E-state index in [9.17, 15) is 0 Å². The van der Waals surface area contributed by atoms with Gasteiger partial charge in [0.05, 0.1) is 6.61 Å². The van der Waals surface area contributed by atoms with E-state index in [1.54, 1.807) is 12.3 Å². The average Bonchev–Trinajstić information content (AvgIpc) is 2.46. The molecule has 2 rings (SSSR count). The van der Waals surface area contributed by atoms with E-state index in [0.717, 1.165) is 25.1 Å². The van der Waals surface area contributed by atoms with E-state index in [2.05, 4.69) is 10.3 Å². The number of pyridine rings is 1. The molecule has 20 heavy (non-hydrogen) atoms. The van der Waals surface area contributed by atoms with E-state index in [0.29, 0.717) is 22.5 Å². The number of rotatable bonds is 7. The van der Waals surface area contributed by atoms with Gasteiger partial charge in [0.25, 0.3) is 0 Å². The highest BCUT2D eigenvalue weighted by atomic mass is 35.5. The summed E-state index contributed by atoms with van der Waals surface area (Å²) in [6, 6.07) is 11.1. The molecule has 2 aromatic rings. The molecule has 0 bridgehead atoms. The van der Waals surface area contributed by atoms with Crippen LogP contribution in [-0.4, -0.2) is 18.1 Å². The molecule has 5 heteroatoms. The summed E-state index contributed by atoms with van der Waals surface area (Å²) in [7, 11) is 0. The Balaban J connectivity index is 1.62. The first-order valence-electron chi connectivity index (χ1n) is 6.44. The van der Waals surface area contributed by atoms with Crippen LogP contribution in [0.3, 0.4) is 0 Å². The van der Waals surface area contributed by atoms with Gasteiger partial charge >= 0.3 is 0 Å². The van der Waals surface area contributed by atoms with E-state index >= 15 is 0 Å². The fraction of sp³-hybridized carbons (Fsp3) is 0.267. The average molecular weight is 311 g/mol. The summed E-state index contributed by atoms with van der Waals surface area (Å²) >= 11 is 11.9. The van der Waals surface area contributed by atoms with Crippen molar-refractivity contribution in [2.75, 3.05) is 13.2 Å². The zero-order valence-corrected chi connectivity index (χ0v) is 12.5. The van der Waals surface area contributed by atoms with Gasteiger partial charge in [-0.3, -0.25) is 0 Å². The smallest absolute Gasteiger partial charge is 0.213 e. The van der Waals surface area contributed by atoms with Crippen molar-refractivity contribution in [2.45, 2.75) is 13.0 Å². The number of nitrogens with one attached hydrogen (secondary N) is 1. The van der Waals surface area contributed by atoms with Gasteiger partial charge in [0.15, 0.2) is 0 Å². The summed E-state index contributed by atoms with van der Waals surface area (Å²) in [5.41, 5.74) is 1.04. The molecular weight excluding hydrogens is 295 g/mol. The number of hydrogen-bond acceptors (Lipinski definition) is 3. The van der Waals surface area contributed by atoms with E-state index in [-0.39, 0.29) is 0 Å². The van der Waals surface area contributed by atoms with Crippen molar-refractivity contribution >= 4 is 23.2 Å². The van der Waals surface area contributed by atoms with Gasteiger partial charge in [0, 0.05) is 28.9 Å². The molecule has 1 N–H and O–H groups in total. The molecule has 106 valence electrons. The molecule has 0 aliphatic carbocycles. The topological polar surface area (TPSA) is 34.1 Å². The molecule has 3 nitrogen and oxygen atoms in total. The number of hydrogen-bond donors (Lipinski definition) is 1. The minimum atomic E-state index is 0.637. The highest BCUT2D eigenvalue weighted by Gasteiger charge is 2.00. The Morgan fingerprint density at radius 3 is 2.80 bits per heavy atom. The van der Waals surface area contributed by atoms with Crippen molar-refractivity contribution in [3.8, 4) is 5.88 Å². The molecule has 0 fully saturated rings. The van der Waals surface area contributed by atoms with Crippen LogP contribution >= 0.6 is 23.2 Å². The maximum absolute atomic E-state index is 6.09. The first-order chi connectivity index (χ1) is 9.75. The van der Waals surface area contributed by atoms with Crippen LogP contribution in [0.5, 0.6) is 5.88 Å². The molecule has 1 aromatic heterocycles. The van der Waals surface area contributed by atoms with Crippen molar-refractivity contribution in [1.29, 1.82) is 0 Å². The molecule has 0 aliphatic rings. The van der Waals surface area contributed by atoms with Crippen LogP contribution in [-0.2, 0) is 6.54 Å². The van der Waals surface area contributed by atoms with Gasteiger partial charge in [0.2, 0.25) is 5.88 Å². The number of benzene rings is 1. The van der Waals surface area contributed by atoms with Crippen molar-refractivity contribution in [1.82, 2.24) is 10.3 Å². The third-order valence-corrected chi connectivity index (χ3v) is 3.30. The van der Waals surface area contributed by atoms with Gasteiger partial charge in [-0.1, -0.05) is 35.3 Å². The van der Waals surface area contributed by atoms with Gasteiger partial charge in [-0.2, -0.15) is 0 Å². The molecule has 0 radical (unpaired) electrons. The summed E-state index contributed by atoms with van der Waals surface area (Å²) in [6.07, 6.45) is 2.62. The van der Waals surface area contributed by atoms with E-state index in [1.165, 1.54) is 0 Å². The van der Waals surface area contributed by atoms with Gasteiger partial charge in [0.1, 0.15) is 0 Å². The third-order valence-electron chi connectivity index (χ3n) is 2.72. The standard InChI is InChI=1S/C15H16Cl2N2O/c16-13-6-5-12(14(17)10-13)11-18-7-3-9-20-15-4-1-2-8-19-15/h1-2,4-6,8,10,18H,3,7,9,11H2. The zero-order valence-electron chi connectivity index (χ0n) is 11.0. The van der Waals surface area contributed by atoms with Crippen molar-refractivity contribution < 1.29 is 4.74 Å². The third kappa shape index (κ3) is 5.00. The number of ether oxygens (including phenoxy) is 1. The maximum atomic E-state index is 6.09. The van der Waals surface area contributed by atoms with Crippen molar-refractivity contribution in [3.63, 3.8) is 0 Å². The summed E-state index contributed by atoms with van der Waals surface area (Å²) in [5.74, 6) is 0.660. The van der Waals surface area contributed by atoms with E-state index in [1.807, 2.05) is 30.3 Å². The maximum Gasteiger partial charge on any atom is 0.213 e. The molecule has 0 saturated heterocycles. The molecule has 0 unspecified atom stereocenters. The predicted octanol–water partition coefficient (Wildman–Crippen LogP) is 3.95. The summed E-state index contributed by atoms with van der Waals surface area (Å²) in [4.78, 5) is 4.09. The molecule has 0 saturated carbocycles. The highest BCUT2D eigenvalue weighted by molar-refractivity contribution is 6.35. The quantitative estimate of drug-likeness (QED) is 0.786. The lowest BCUT2D eigenvalue weighted by atomic mass is 10.2. The predicted molar refractivity (Wildman–Crippen MR) is 82.5 cm³/mol. The summed E-state index contributed by atoms with van der Waals surface area (Å²) in [5, 5.41) is 4.66. The van der Waals surface area contributed by atoms with Gasteiger partial charge < -0.3 is 10.1 Å². The largest absolute Gasteiger partial charge is 0.478 e. The monoisotopic (exact) mass is 310 g/mol. The Morgan fingerprint density at radius 2 is 2.05 bits per heavy atom. The summed E-state index contributed by atoms with van der Waals surface area (Å²) in [6.45, 7) is 2.21. The second kappa shape index (κ2) is 8.10. The van der Waals surface area contributed by atoms with E-state index in [4.69, 9.17) is 27.9 Å². The lowest BCUT2D eigenvalue weighted by molar-refractivity contribution is 0.296. The van der Waals surface area contributed by atoms with Crippen LogP contribution in [0.4, 0.5) is 0 Å². The van der Waals surface area contributed by atoms with Crippen LogP contribution in [0.2, 0.25) is 10.0 Å². The molecule has 1 heterocycles. The van der Waals surface area contributed by atoms with Crippen LogP contribution in [0.15, 0.2) is 42.6 Å². The first-order valence-corrected chi connectivity index (χ1v) is 7.20. The number of nitrogens with zero attached hydrogens (tertiary/aromatic N) is 1. The van der Waals surface area contributed by atoms with Crippen LogP contribution < -0.4 is 10.1 Å². The molecule has 0 atom stereocenters. The lowest BCUT2D eigenvalue weighted by Gasteiger charge is -2.08. The Labute approximate surface area is 128 Å². The Morgan fingerprint density at radius 1 is 1.15 bits per heavy atom. The Bertz CT molecular complexity index is 535. The van der Waals surface area contributed by atoms with Crippen molar-refractivity contribution in [2.24, 2.45) is 0 Å². The molecule has 0 spiro atoms. The normalized spacial score (nSPS) is 10.5. The van der Waals surface area contributed by atoms with E-state index < -0.39 is 0 Å². The van der Waals surface area contributed by atoms with Gasteiger partial charge in [-0.25, -0.2) is 4.98 Å². The van der Waals surface area contributed by atoms with Crippen LogP contribution in [0.25, 0.3) is 0 Å². The lowest BCUT2D eigenvalue weighted by Crippen LogP contribution is -2.17. The van der Waals surface area contributed by atoms with Gasteiger partial charge in [-0.05, 0) is 36.7 Å². The first kappa shape index (κ1) is 15.1. The van der Waals surface area contributed by atoms with Crippen LogP contribution in [0, 0.1) is 0 Å². The minimum absolute atomic E-state index is 0.637. The second-order valence-corrected chi connectivity index (χ2v) is 5.13. The van der Waals surface area contributed by atoms with Crippen LogP contribution in [0.1, 0.15) is 12.0 Å². The number of halogens is 2. The number of aromatic nitrogens is 1. The minimum Gasteiger partial charge on any atom is -0.478 e. The zero-order chi connectivity index (χ0) is 14.2. The molecule has 1 aromatic carbocycles. The Kier molecular flexibility index (Phi) is 6.12. The Hall–Kier alpha value is -1.29. The fourth-order valence-corrected chi connectivity index (χ4v) is 2.17. The highest BCUT2D eigenvalue weighted by Crippen LogP contribution is 2.20. The molecular formula is C15H16Cl2N2O. The molecule has 0 aliphatic heterocycles. The van der Waals surface area contributed by atoms with Gasteiger partial charge in [-0.15, -0.1) is 0 Å². The summed E-state index contributed by atoms with van der Waals surface area (Å²) < 4.78 is 5.50. The second-order valence-electron chi connectivity index (χ2n) is 4.28. The van der Waals surface area contributed by atoms with Crippen molar-refractivity contribution in [3.05, 3.63) is 58.2 Å².